The Balaban J connectivity index is 1.88. The van der Waals surface area contributed by atoms with Crippen molar-refractivity contribution in [3.05, 3.63) is 64.2 Å². The molecule has 0 spiro atoms. The average Bonchev–Trinajstić information content (AvgIpc) is 2.78. The van der Waals surface area contributed by atoms with Gasteiger partial charge < -0.3 is 10.6 Å². The molecule has 0 aliphatic heterocycles. The van der Waals surface area contributed by atoms with E-state index in [1.807, 2.05) is 0 Å². The third-order valence-electron chi connectivity index (χ3n) is 5.76. The summed E-state index contributed by atoms with van der Waals surface area (Å²) in [5, 5.41) is 17.2. The van der Waals surface area contributed by atoms with Gasteiger partial charge in [-0.05, 0) is 49.3 Å². The molecule has 9 nitrogen and oxygen atoms in total. The molecule has 3 N–H and O–H groups in total. The Labute approximate surface area is 187 Å². The number of amides is 1. The SMILES string of the molecule is CNC(=O)[C@H](Nc1ccc(S(=O)(=O)NC2CCC(C)CC2)cc1[N+](=O)[O-])c1ccccc1. The molecule has 1 aliphatic rings. The van der Waals surface area contributed by atoms with E-state index in [1.165, 1.54) is 19.2 Å². The molecule has 1 fully saturated rings. The number of sulfonamides is 1. The minimum atomic E-state index is -3.91. The van der Waals surface area contributed by atoms with Crippen molar-refractivity contribution >= 4 is 27.3 Å². The molecule has 3 rings (SSSR count). The number of anilines is 1. The number of benzene rings is 2. The first-order valence-corrected chi connectivity index (χ1v) is 12.0. The Hall–Kier alpha value is -2.98. The fourth-order valence-corrected chi connectivity index (χ4v) is 5.19. The molecule has 0 radical (unpaired) electrons. The summed E-state index contributed by atoms with van der Waals surface area (Å²) in [7, 11) is -2.44. The van der Waals surface area contributed by atoms with Gasteiger partial charge in [0.1, 0.15) is 11.7 Å². The van der Waals surface area contributed by atoms with Crippen molar-refractivity contribution < 1.29 is 18.1 Å². The van der Waals surface area contributed by atoms with Gasteiger partial charge in [0.15, 0.2) is 0 Å². The average molecular weight is 461 g/mol. The van der Waals surface area contributed by atoms with Crippen molar-refractivity contribution in [2.75, 3.05) is 12.4 Å². The van der Waals surface area contributed by atoms with Gasteiger partial charge in [0.2, 0.25) is 15.9 Å². The number of rotatable bonds is 8. The van der Waals surface area contributed by atoms with Crippen LogP contribution in [0.5, 0.6) is 0 Å². The van der Waals surface area contributed by atoms with Crippen molar-refractivity contribution in [1.29, 1.82) is 0 Å². The van der Waals surface area contributed by atoms with E-state index in [9.17, 15) is 23.3 Å². The number of nitro groups is 1. The number of nitro benzene ring substituents is 1. The van der Waals surface area contributed by atoms with E-state index in [-0.39, 0.29) is 22.5 Å². The van der Waals surface area contributed by atoms with Crippen molar-refractivity contribution in [1.82, 2.24) is 10.0 Å². The highest BCUT2D eigenvalue weighted by Crippen LogP contribution is 2.32. The van der Waals surface area contributed by atoms with Crippen LogP contribution in [0.25, 0.3) is 0 Å². The maximum absolute atomic E-state index is 12.8. The van der Waals surface area contributed by atoms with Crippen LogP contribution >= 0.6 is 0 Å². The minimum Gasteiger partial charge on any atom is -0.364 e. The van der Waals surface area contributed by atoms with E-state index >= 15 is 0 Å². The largest absolute Gasteiger partial charge is 0.364 e. The molecule has 0 saturated heterocycles. The van der Waals surface area contributed by atoms with Gasteiger partial charge in [0.05, 0.1) is 9.82 Å². The topological polar surface area (TPSA) is 130 Å². The normalized spacial score (nSPS) is 19.7. The molecule has 1 aliphatic carbocycles. The van der Waals surface area contributed by atoms with Crippen LogP contribution in [0, 0.1) is 16.0 Å². The Bertz CT molecular complexity index is 1070. The predicted octanol–water partition coefficient (Wildman–Crippen LogP) is 3.35. The number of hydrogen-bond donors (Lipinski definition) is 3. The van der Waals surface area contributed by atoms with Crippen LogP contribution in [0.4, 0.5) is 11.4 Å². The number of nitrogens with one attached hydrogen (secondary N) is 3. The van der Waals surface area contributed by atoms with Crippen LogP contribution in [-0.4, -0.2) is 32.3 Å². The summed E-state index contributed by atoms with van der Waals surface area (Å²) in [6.07, 6.45) is 3.37. The van der Waals surface area contributed by atoms with E-state index in [2.05, 4.69) is 22.3 Å². The van der Waals surface area contributed by atoms with Gasteiger partial charge in [-0.2, -0.15) is 0 Å². The Morgan fingerprint density at radius 3 is 2.34 bits per heavy atom. The second kappa shape index (κ2) is 10.1. The van der Waals surface area contributed by atoms with Crippen molar-refractivity contribution in [2.24, 2.45) is 5.92 Å². The van der Waals surface area contributed by atoms with Crippen LogP contribution in [0.15, 0.2) is 53.4 Å². The lowest BCUT2D eigenvalue weighted by atomic mass is 9.88. The minimum absolute atomic E-state index is 0.0536. The summed E-state index contributed by atoms with van der Waals surface area (Å²) in [5.41, 5.74) is 0.249. The molecule has 0 bridgehead atoms. The van der Waals surface area contributed by atoms with Crippen LogP contribution in [0.1, 0.15) is 44.2 Å². The summed E-state index contributed by atoms with van der Waals surface area (Å²) in [6.45, 7) is 2.14. The number of carbonyl (C=O) groups excluding carboxylic acids is 1. The fraction of sp³-hybridized carbons (Fsp3) is 0.409. The van der Waals surface area contributed by atoms with Crippen LogP contribution in [0.2, 0.25) is 0 Å². The second-order valence-electron chi connectivity index (χ2n) is 8.12. The fourth-order valence-electron chi connectivity index (χ4n) is 3.86. The molecule has 1 amide bonds. The molecule has 2 aromatic rings. The lowest BCUT2D eigenvalue weighted by Crippen LogP contribution is -2.37. The van der Waals surface area contributed by atoms with Crippen molar-refractivity contribution in [3.8, 4) is 0 Å². The third kappa shape index (κ3) is 5.63. The van der Waals surface area contributed by atoms with E-state index < -0.39 is 26.7 Å². The van der Waals surface area contributed by atoms with Gasteiger partial charge in [0, 0.05) is 19.2 Å². The first-order chi connectivity index (χ1) is 15.2. The zero-order valence-corrected chi connectivity index (χ0v) is 18.9. The Kier molecular flexibility index (Phi) is 7.47. The molecular weight excluding hydrogens is 432 g/mol. The van der Waals surface area contributed by atoms with Gasteiger partial charge in [-0.3, -0.25) is 14.9 Å². The van der Waals surface area contributed by atoms with Gasteiger partial charge in [0.25, 0.3) is 5.69 Å². The molecule has 0 aromatic heterocycles. The lowest BCUT2D eigenvalue weighted by molar-refractivity contribution is -0.384. The van der Waals surface area contributed by atoms with Crippen LogP contribution < -0.4 is 15.4 Å². The Morgan fingerprint density at radius 2 is 1.75 bits per heavy atom. The molecule has 0 unspecified atom stereocenters. The zero-order valence-electron chi connectivity index (χ0n) is 18.1. The van der Waals surface area contributed by atoms with Gasteiger partial charge in [-0.15, -0.1) is 0 Å². The summed E-state index contributed by atoms with van der Waals surface area (Å²) in [4.78, 5) is 23.3. The van der Waals surface area contributed by atoms with E-state index in [0.717, 1.165) is 31.7 Å². The van der Waals surface area contributed by atoms with Gasteiger partial charge in [-0.25, -0.2) is 13.1 Å². The Morgan fingerprint density at radius 1 is 1.09 bits per heavy atom. The summed E-state index contributed by atoms with van der Waals surface area (Å²) in [6, 6.07) is 11.4. The summed E-state index contributed by atoms with van der Waals surface area (Å²) < 4.78 is 28.4. The molecule has 1 saturated carbocycles. The highest BCUT2D eigenvalue weighted by atomic mass is 32.2. The van der Waals surface area contributed by atoms with Gasteiger partial charge in [-0.1, -0.05) is 37.3 Å². The number of carbonyl (C=O) groups is 1. The first-order valence-electron chi connectivity index (χ1n) is 10.5. The summed E-state index contributed by atoms with van der Waals surface area (Å²) >= 11 is 0. The maximum Gasteiger partial charge on any atom is 0.293 e. The second-order valence-corrected chi connectivity index (χ2v) is 9.83. The predicted molar refractivity (Wildman–Crippen MR) is 122 cm³/mol. The maximum atomic E-state index is 12.8. The van der Waals surface area contributed by atoms with E-state index in [0.29, 0.717) is 11.5 Å². The number of hydrogen-bond acceptors (Lipinski definition) is 6. The molecule has 10 heteroatoms. The third-order valence-corrected chi connectivity index (χ3v) is 7.27. The monoisotopic (exact) mass is 460 g/mol. The van der Waals surface area contributed by atoms with Gasteiger partial charge >= 0.3 is 0 Å². The highest BCUT2D eigenvalue weighted by molar-refractivity contribution is 7.89. The van der Waals surface area contributed by atoms with Crippen molar-refractivity contribution in [2.45, 2.75) is 49.6 Å². The molecular formula is C22H28N4O5S. The van der Waals surface area contributed by atoms with Crippen LogP contribution in [-0.2, 0) is 14.8 Å². The van der Waals surface area contributed by atoms with Crippen LogP contribution in [0.3, 0.4) is 0 Å². The van der Waals surface area contributed by atoms with E-state index in [1.54, 1.807) is 30.3 Å². The standard InChI is InChI=1S/C22H28N4O5S/c1-15-8-10-17(11-9-15)25-32(30,31)18-12-13-19(20(14-18)26(28)29)24-21(22(27)23-2)16-6-4-3-5-7-16/h3-7,12-15,17,21,24-25H,8-11H2,1-2H3,(H,23,27)/t15?,17?,21-/m1/s1. The first kappa shape index (κ1) is 23.7. The number of nitrogens with zero attached hydrogens (tertiary/aromatic N) is 1. The smallest absolute Gasteiger partial charge is 0.293 e. The molecule has 0 heterocycles. The zero-order chi connectivity index (χ0) is 23.3. The van der Waals surface area contributed by atoms with E-state index in [4.69, 9.17) is 0 Å². The quantitative estimate of drug-likeness (QED) is 0.409. The highest BCUT2D eigenvalue weighted by Gasteiger charge is 2.28. The van der Waals surface area contributed by atoms with Crippen molar-refractivity contribution in [3.63, 3.8) is 0 Å². The molecule has 1 atom stereocenters. The number of likely N-dealkylation sites (N-methyl/N-ethyl adjacent to an activating group) is 1. The molecule has 2 aromatic carbocycles. The molecule has 32 heavy (non-hydrogen) atoms. The molecule has 172 valence electrons. The summed E-state index contributed by atoms with van der Waals surface area (Å²) in [5.74, 6) is 0.190. The lowest BCUT2D eigenvalue weighted by Gasteiger charge is -2.26.